The zero-order valence-corrected chi connectivity index (χ0v) is 10.4. The SMILES string of the molecule is C=CCCCN(C)c1nccn2nc(C)cc12. The zero-order valence-electron chi connectivity index (χ0n) is 10.4. The van der Waals surface area contributed by atoms with Gasteiger partial charge in [0.05, 0.1) is 5.69 Å². The van der Waals surface area contributed by atoms with Crippen LogP contribution in [0.4, 0.5) is 5.82 Å². The lowest BCUT2D eigenvalue weighted by atomic mass is 10.3. The number of anilines is 1. The fourth-order valence-electron chi connectivity index (χ4n) is 1.90. The fourth-order valence-corrected chi connectivity index (χ4v) is 1.90. The number of nitrogens with zero attached hydrogens (tertiary/aromatic N) is 4. The zero-order chi connectivity index (χ0) is 12.3. The maximum atomic E-state index is 4.44. The highest BCUT2D eigenvalue weighted by Gasteiger charge is 2.08. The molecule has 90 valence electrons. The summed E-state index contributed by atoms with van der Waals surface area (Å²) in [5.41, 5.74) is 2.07. The van der Waals surface area contributed by atoms with Crippen LogP contribution >= 0.6 is 0 Å². The molecular formula is C13H18N4. The first-order valence-electron chi connectivity index (χ1n) is 5.85. The first-order valence-corrected chi connectivity index (χ1v) is 5.85. The van der Waals surface area contributed by atoms with Crippen molar-refractivity contribution >= 4 is 11.3 Å². The summed E-state index contributed by atoms with van der Waals surface area (Å²) < 4.78 is 1.88. The third-order valence-electron chi connectivity index (χ3n) is 2.76. The van der Waals surface area contributed by atoms with E-state index in [0.717, 1.165) is 36.4 Å². The minimum atomic E-state index is 0.975. The second-order valence-electron chi connectivity index (χ2n) is 4.22. The molecule has 4 nitrogen and oxygen atoms in total. The fraction of sp³-hybridized carbons (Fsp3) is 0.385. The first-order chi connectivity index (χ1) is 8.22. The lowest BCUT2D eigenvalue weighted by molar-refractivity contribution is 0.789. The smallest absolute Gasteiger partial charge is 0.154 e. The van der Waals surface area contributed by atoms with Crippen LogP contribution in [0.15, 0.2) is 31.1 Å². The quantitative estimate of drug-likeness (QED) is 0.584. The van der Waals surface area contributed by atoms with E-state index < -0.39 is 0 Å². The molecule has 0 spiro atoms. The van der Waals surface area contributed by atoms with Gasteiger partial charge in [0.15, 0.2) is 5.82 Å². The van der Waals surface area contributed by atoms with E-state index in [0.29, 0.717) is 0 Å². The van der Waals surface area contributed by atoms with Crippen LogP contribution in [-0.4, -0.2) is 28.2 Å². The predicted octanol–water partition coefficient (Wildman–Crippen LogP) is 2.44. The summed E-state index contributed by atoms with van der Waals surface area (Å²) in [6.07, 6.45) is 7.74. The van der Waals surface area contributed by atoms with Gasteiger partial charge in [0.25, 0.3) is 0 Å². The molecule has 0 aliphatic heterocycles. The Bertz CT molecular complexity index is 515. The number of allylic oxidation sites excluding steroid dienone is 1. The molecule has 2 heterocycles. The van der Waals surface area contributed by atoms with E-state index in [4.69, 9.17) is 0 Å². The Morgan fingerprint density at radius 2 is 2.35 bits per heavy atom. The maximum absolute atomic E-state index is 4.44. The average Bonchev–Trinajstić information content (AvgIpc) is 2.69. The van der Waals surface area contributed by atoms with Crippen molar-refractivity contribution in [3.8, 4) is 0 Å². The van der Waals surface area contributed by atoms with Crippen LogP contribution in [0, 0.1) is 6.92 Å². The minimum absolute atomic E-state index is 0.975. The third-order valence-corrected chi connectivity index (χ3v) is 2.76. The first kappa shape index (κ1) is 11.6. The van der Waals surface area contributed by atoms with E-state index in [1.807, 2.05) is 23.7 Å². The molecule has 0 aromatic carbocycles. The molecule has 0 saturated heterocycles. The summed E-state index contributed by atoms with van der Waals surface area (Å²) in [6.45, 7) is 6.70. The van der Waals surface area contributed by atoms with E-state index in [-0.39, 0.29) is 0 Å². The van der Waals surface area contributed by atoms with Crippen LogP contribution in [0.2, 0.25) is 0 Å². The lowest BCUT2D eigenvalue weighted by Gasteiger charge is -2.18. The molecule has 2 aromatic heterocycles. The van der Waals surface area contributed by atoms with E-state index in [1.165, 1.54) is 0 Å². The molecule has 0 fully saturated rings. The van der Waals surface area contributed by atoms with Gasteiger partial charge in [0, 0.05) is 26.0 Å². The van der Waals surface area contributed by atoms with Gasteiger partial charge in [0.2, 0.25) is 0 Å². The van der Waals surface area contributed by atoms with Crippen LogP contribution in [0.3, 0.4) is 0 Å². The van der Waals surface area contributed by atoms with Gasteiger partial charge in [-0.1, -0.05) is 6.08 Å². The Hall–Kier alpha value is -1.84. The molecule has 4 heteroatoms. The number of unbranched alkanes of at least 4 members (excludes halogenated alkanes) is 1. The molecule has 17 heavy (non-hydrogen) atoms. The molecule has 0 amide bonds. The van der Waals surface area contributed by atoms with Crippen LogP contribution in [0.5, 0.6) is 0 Å². The Morgan fingerprint density at radius 1 is 1.53 bits per heavy atom. The van der Waals surface area contributed by atoms with Crippen molar-refractivity contribution in [3.05, 3.63) is 36.8 Å². The van der Waals surface area contributed by atoms with Gasteiger partial charge >= 0.3 is 0 Å². The van der Waals surface area contributed by atoms with Gasteiger partial charge in [-0.25, -0.2) is 9.50 Å². The molecule has 0 aliphatic rings. The van der Waals surface area contributed by atoms with Crippen molar-refractivity contribution in [1.82, 2.24) is 14.6 Å². The van der Waals surface area contributed by atoms with Crippen molar-refractivity contribution in [3.63, 3.8) is 0 Å². The lowest BCUT2D eigenvalue weighted by Crippen LogP contribution is -2.20. The Morgan fingerprint density at radius 3 is 3.12 bits per heavy atom. The van der Waals surface area contributed by atoms with Crippen LogP contribution in [0.25, 0.3) is 5.52 Å². The van der Waals surface area contributed by atoms with Crippen molar-refractivity contribution < 1.29 is 0 Å². The van der Waals surface area contributed by atoms with Crippen molar-refractivity contribution in [2.24, 2.45) is 0 Å². The normalized spacial score (nSPS) is 10.7. The highest BCUT2D eigenvalue weighted by Crippen LogP contribution is 2.18. The third kappa shape index (κ3) is 2.46. The molecule has 2 aromatic rings. The van der Waals surface area contributed by atoms with Gasteiger partial charge in [-0.15, -0.1) is 6.58 Å². The van der Waals surface area contributed by atoms with E-state index in [1.54, 1.807) is 6.20 Å². The van der Waals surface area contributed by atoms with Crippen molar-refractivity contribution in [1.29, 1.82) is 0 Å². The number of rotatable bonds is 5. The summed E-state index contributed by atoms with van der Waals surface area (Å²) in [6, 6.07) is 2.06. The van der Waals surface area contributed by atoms with Crippen LogP contribution in [0.1, 0.15) is 18.5 Å². The highest BCUT2D eigenvalue weighted by atomic mass is 15.3. The molecule has 0 bridgehead atoms. The van der Waals surface area contributed by atoms with E-state index in [9.17, 15) is 0 Å². The van der Waals surface area contributed by atoms with E-state index >= 15 is 0 Å². The molecule has 0 unspecified atom stereocenters. The Kier molecular flexibility index (Phi) is 3.42. The molecule has 0 atom stereocenters. The Labute approximate surface area is 102 Å². The van der Waals surface area contributed by atoms with Crippen LogP contribution in [-0.2, 0) is 0 Å². The summed E-state index contributed by atoms with van der Waals surface area (Å²) in [5.74, 6) is 0.983. The molecule has 0 saturated carbocycles. The van der Waals surface area contributed by atoms with E-state index in [2.05, 4.69) is 34.7 Å². The monoisotopic (exact) mass is 230 g/mol. The molecule has 0 N–H and O–H groups in total. The topological polar surface area (TPSA) is 33.4 Å². The standard InChI is InChI=1S/C13H18N4/c1-4-5-6-8-16(3)13-12-10-11(2)15-17(12)9-7-14-13/h4,7,9-10H,1,5-6,8H2,2-3H3. The molecule has 2 rings (SSSR count). The second-order valence-corrected chi connectivity index (χ2v) is 4.22. The summed E-state index contributed by atoms with van der Waals surface area (Å²) >= 11 is 0. The molecular weight excluding hydrogens is 212 g/mol. The Balaban J connectivity index is 2.24. The van der Waals surface area contributed by atoms with Crippen molar-refractivity contribution in [2.75, 3.05) is 18.5 Å². The summed E-state index contributed by atoms with van der Waals surface area (Å²) in [7, 11) is 2.06. The summed E-state index contributed by atoms with van der Waals surface area (Å²) in [5, 5.41) is 4.39. The predicted molar refractivity (Wildman–Crippen MR) is 70.4 cm³/mol. The van der Waals surface area contributed by atoms with Gasteiger partial charge in [0.1, 0.15) is 5.52 Å². The maximum Gasteiger partial charge on any atom is 0.154 e. The number of aromatic nitrogens is 3. The summed E-state index contributed by atoms with van der Waals surface area (Å²) in [4.78, 5) is 6.60. The highest BCUT2D eigenvalue weighted by molar-refractivity contribution is 5.68. The second kappa shape index (κ2) is 4.99. The number of fused-ring (bicyclic) bond motifs is 1. The van der Waals surface area contributed by atoms with Gasteiger partial charge in [-0.05, 0) is 25.8 Å². The van der Waals surface area contributed by atoms with Gasteiger partial charge in [-0.2, -0.15) is 5.10 Å². The minimum Gasteiger partial charge on any atom is -0.358 e. The molecule has 0 aliphatic carbocycles. The average molecular weight is 230 g/mol. The number of hydrogen-bond donors (Lipinski definition) is 0. The largest absolute Gasteiger partial charge is 0.358 e. The number of aryl methyl sites for hydroxylation is 1. The van der Waals surface area contributed by atoms with Gasteiger partial charge in [-0.3, -0.25) is 0 Å². The van der Waals surface area contributed by atoms with Gasteiger partial charge < -0.3 is 4.90 Å². The van der Waals surface area contributed by atoms with Crippen molar-refractivity contribution in [2.45, 2.75) is 19.8 Å². The van der Waals surface area contributed by atoms with Crippen LogP contribution < -0.4 is 4.90 Å². The number of hydrogen-bond acceptors (Lipinski definition) is 3. The molecule has 0 radical (unpaired) electrons.